The summed E-state index contributed by atoms with van der Waals surface area (Å²) in [7, 11) is 0. The largest absolute Gasteiger partial charge is 0.507 e. The van der Waals surface area contributed by atoms with E-state index < -0.39 is 0 Å². The first kappa shape index (κ1) is 11.2. The Morgan fingerprint density at radius 2 is 2.18 bits per heavy atom. The number of hydrogen-bond donors (Lipinski definition) is 2. The summed E-state index contributed by atoms with van der Waals surface area (Å²) in [4.78, 5) is 15.5. The number of carbonyl (C=O) groups is 1. The van der Waals surface area contributed by atoms with Crippen molar-refractivity contribution in [3.05, 3.63) is 42.0 Å². The predicted octanol–water partition coefficient (Wildman–Crippen LogP) is 2.29. The van der Waals surface area contributed by atoms with Gasteiger partial charge < -0.3 is 10.4 Å². The predicted molar refractivity (Wildman–Crippen MR) is 64.2 cm³/mol. The Hall–Kier alpha value is -2.30. The van der Waals surface area contributed by atoms with E-state index in [1.807, 2.05) is 6.92 Å². The maximum absolute atomic E-state index is 11.8. The number of benzene rings is 1. The molecule has 0 spiro atoms. The molecule has 5 nitrogen and oxygen atoms in total. The highest BCUT2D eigenvalue weighted by atomic mass is 16.3. The lowest BCUT2D eigenvalue weighted by atomic mass is 10.1. The maximum Gasteiger partial charge on any atom is 0.331 e. The molecule has 2 N–H and O–H groups in total. The van der Waals surface area contributed by atoms with Crippen LogP contribution in [0, 0.1) is 13.8 Å². The first-order valence-corrected chi connectivity index (χ1v) is 5.18. The summed E-state index contributed by atoms with van der Waals surface area (Å²) in [5, 5.41) is 12.5. The molecule has 17 heavy (non-hydrogen) atoms. The van der Waals surface area contributed by atoms with Gasteiger partial charge in [0, 0.05) is 23.6 Å². The van der Waals surface area contributed by atoms with Crippen molar-refractivity contribution >= 4 is 11.7 Å². The fraction of sp³-hybridized carbons (Fsp3) is 0.167. The van der Waals surface area contributed by atoms with Gasteiger partial charge in [-0.2, -0.15) is 0 Å². The summed E-state index contributed by atoms with van der Waals surface area (Å²) >= 11 is 0. The topological polar surface area (TPSA) is 67.2 Å². The van der Waals surface area contributed by atoms with E-state index in [1.54, 1.807) is 25.3 Å². The van der Waals surface area contributed by atoms with Crippen LogP contribution in [0.5, 0.6) is 5.75 Å². The fourth-order valence-corrected chi connectivity index (χ4v) is 1.53. The van der Waals surface area contributed by atoms with Gasteiger partial charge in [0.2, 0.25) is 0 Å². The van der Waals surface area contributed by atoms with Gasteiger partial charge in [0.25, 0.3) is 0 Å². The zero-order chi connectivity index (χ0) is 12.4. The van der Waals surface area contributed by atoms with Crippen molar-refractivity contribution in [2.75, 3.05) is 5.32 Å². The minimum Gasteiger partial charge on any atom is -0.507 e. The van der Waals surface area contributed by atoms with Crippen LogP contribution in [0.4, 0.5) is 10.5 Å². The van der Waals surface area contributed by atoms with Gasteiger partial charge in [-0.15, -0.1) is 0 Å². The number of aromatic hydroxyl groups is 1. The maximum atomic E-state index is 11.8. The summed E-state index contributed by atoms with van der Waals surface area (Å²) < 4.78 is 1.33. The molecule has 0 saturated carbocycles. The smallest absolute Gasteiger partial charge is 0.331 e. The molecule has 0 radical (unpaired) electrons. The van der Waals surface area contributed by atoms with Crippen LogP contribution in [0.25, 0.3) is 0 Å². The molecule has 0 aliphatic rings. The van der Waals surface area contributed by atoms with Gasteiger partial charge in [0.15, 0.2) is 0 Å². The molecule has 0 unspecified atom stereocenters. The monoisotopic (exact) mass is 231 g/mol. The van der Waals surface area contributed by atoms with E-state index in [0.29, 0.717) is 11.3 Å². The molecule has 1 aromatic carbocycles. The third kappa shape index (κ3) is 2.13. The van der Waals surface area contributed by atoms with Gasteiger partial charge in [-0.3, -0.25) is 4.57 Å². The lowest BCUT2D eigenvalue weighted by Crippen LogP contribution is -2.18. The molecule has 88 valence electrons. The number of phenols is 1. The molecule has 0 aliphatic carbocycles. The highest BCUT2D eigenvalue weighted by Gasteiger charge is 2.09. The number of phenolic OH excluding ortho intramolecular Hbond substituents is 1. The van der Waals surface area contributed by atoms with Gasteiger partial charge in [0.1, 0.15) is 12.1 Å². The molecular formula is C12H13N3O2. The van der Waals surface area contributed by atoms with E-state index in [0.717, 1.165) is 5.56 Å². The normalized spacial score (nSPS) is 10.2. The number of nitrogens with zero attached hydrogens (tertiary/aromatic N) is 2. The Morgan fingerprint density at radius 3 is 2.82 bits per heavy atom. The molecule has 1 heterocycles. The average Bonchev–Trinajstić information content (AvgIpc) is 2.83. The van der Waals surface area contributed by atoms with Crippen LogP contribution >= 0.6 is 0 Å². The minimum atomic E-state index is -0.311. The number of hydrogen-bond acceptors (Lipinski definition) is 3. The number of nitrogens with one attached hydrogen (secondary N) is 1. The second-order valence-electron chi connectivity index (χ2n) is 3.80. The van der Waals surface area contributed by atoms with E-state index >= 15 is 0 Å². The number of aromatic nitrogens is 2. The zero-order valence-corrected chi connectivity index (χ0v) is 9.64. The summed E-state index contributed by atoms with van der Waals surface area (Å²) in [5.74, 6) is 0.202. The molecule has 1 aromatic heterocycles. The zero-order valence-electron chi connectivity index (χ0n) is 9.64. The summed E-state index contributed by atoms with van der Waals surface area (Å²) in [6, 6.07) is 3.21. The van der Waals surface area contributed by atoms with Crippen LogP contribution in [-0.4, -0.2) is 20.7 Å². The fourth-order valence-electron chi connectivity index (χ4n) is 1.53. The molecule has 0 fully saturated rings. The highest BCUT2D eigenvalue weighted by molar-refractivity contribution is 5.92. The van der Waals surface area contributed by atoms with Crippen LogP contribution in [0.15, 0.2) is 30.9 Å². The third-order valence-electron chi connectivity index (χ3n) is 2.61. The molecule has 0 saturated heterocycles. The second kappa shape index (κ2) is 4.29. The Bertz CT molecular complexity index is 547. The molecule has 5 heteroatoms. The van der Waals surface area contributed by atoms with Crippen LogP contribution < -0.4 is 5.32 Å². The number of imidazole rings is 1. The number of carbonyl (C=O) groups excluding carboxylic acids is 1. The van der Waals surface area contributed by atoms with Crippen molar-refractivity contribution < 1.29 is 9.90 Å². The number of rotatable bonds is 1. The van der Waals surface area contributed by atoms with Gasteiger partial charge >= 0.3 is 6.03 Å². The summed E-state index contributed by atoms with van der Waals surface area (Å²) in [5.41, 5.74) is 2.02. The van der Waals surface area contributed by atoms with E-state index in [2.05, 4.69) is 10.3 Å². The minimum absolute atomic E-state index is 0.202. The highest BCUT2D eigenvalue weighted by Crippen LogP contribution is 2.27. The van der Waals surface area contributed by atoms with Crippen LogP contribution in [0.3, 0.4) is 0 Å². The van der Waals surface area contributed by atoms with Crippen molar-refractivity contribution in [1.82, 2.24) is 9.55 Å². The van der Waals surface area contributed by atoms with Crippen LogP contribution in [0.2, 0.25) is 0 Å². The van der Waals surface area contributed by atoms with Gasteiger partial charge in [0.05, 0.1) is 0 Å². The molecule has 0 atom stereocenters. The van der Waals surface area contributed by atoms with Gasteiger partial charge in [-0.1, -0.05) is 6.07 Å². The van der Waals surface area contributed by atoms with Gasteiger partial charge in [-0.25, -0.2) is 9.78 Å². The van der Waals surface area contributed by atoms with E-state index in [4.69, 9.17) is 0 Å². The number of amides is 1. The van der Waals surface area contributed by atoms with E-state index in [-0.39, 0.29) is 11.8 Å². The second-order valence-corrected chi connectivity index (χ2v) is 3.80. The van der Waals surface area contributed by atoms with Crippen LogP contribution in [-0.2, 0) is 0 Å². The third-order valence-corrected chi connectivity index (χ3v) is 2.61. The summed E-state index contributed by atoms with van der Waals surface area (Å²) in [6.45, 7) is 3.57. The molecule has 2 rings (SSSR count). The lowest BCUT2D eigenvalue weighted by Gasteiger charge is -2.11. The van der Waals surface area contributed by atoms with E-state index in [9.17, 15) is 9.90 Å². The number of aryl methyl sites for hydroxylation is 1. The van der Waals surface area contributed by atoms with Crippen molar-refractivity contribution in [2.45, 2.75) is 13.8 Å². The van der Waals surface area contributed by atoms with Crippen molar-refractivity contribution in [3.8, 4) is 5.75 Å². The molecule has 1 amide bonds. The average molecular weight is 231 g/mol. The number of anilines is 1. The van der Waals surface area contributed by atoms with E-state index in [1.165, 1.54) is 17.1 Å². The quantitative estimate of drug-likeness (QED) is 0.791. The molecule has 2 aromatic rings. The van der Waals surface area contributed by atoms with Crippen LogP contribution in [0.1, 0.15) is 11.1 Å². The van der Waals surface area contributed by atoms with Crippen molar-refractivity contribution in [2.24, 2.45) is 0 Å². The Kier molecular flexibility index (Phi) is 2.82. The Balaban J connectivity index is 2.25. The Morgan fingerprint density at radius 1 is 1.41 bits per heavy atom. The van der Waals surface area contributed by atoms with Crippen molar-refractivity contribution in [3.63, 3.8) is 0 Å². The molecular weight excluding hydrogens is 218 g/mol. The first-order chi connectivity index (χ1) is 8.09. The van der Waals surface area contributed by atoms with Gasteiger partial charge in [-0.05, 0) is 25.5 Å². The first-order valence-electron chi connectivity index (χ1n) is 5.18. The standard InChI is InChI=1S/C12H13N3O2/c1-8-3-4-10(9(2)11(8)16)14-12(17)15-6-5-13-7-15/h3-7,16H,1-2H3,(H,14,17). The van der Waals surface area contributed by atoms with Crippen molar-refractivity contribution in [1.29, 1.82) is 0 Å². The molecule has 0 aliphatic heterocycles. The summed E-state index contributed by atoms with van der Waals surface area (Å²) in [6.07, 6.45) is 4.50. The Labute approximate surface area is 98.7 Å². The SMILES string of the molecule is Cc1ccc(NC(=O)n2ccnc2)c(C)c1O. The molecule has 0 bridgehead atoms. The lowest BCUT2D eigenvalue weighted by molar-refractivity contribution is 0.253.